The third kappa shape index (κ3) is 4.20. The van der Waals surface area contributed by atoms with Crippen LogP contribution in [-0.2, 0) is 0 Å². The van der Waals surface area contributed by atoms with Crippen LogP contribution >= 0.6 is 11.8 Å². The lowest BCUT2D eigenvalue weighted by molar-refractivity contribution is 0.264. The third-order valence-corrected chi connectivity index (χ3v) is 3.58. The maximum absolute atomic E-state index is 3.54. The molecule has 1 atom stereocenters. The van der Waals surface area contributed by atoms with Gasteiger partial charge in [-0.2, -0.15) is 11.8 Å². The Labute approximate surface area is 92.8 Å². The van der Waals surface area contributed by atoms with E-state index in [0.717, 1.165) is 12.0 Å². The van der Waals surface area contributed by atoms with Gasteiger partial charge in [-0.15, -0.1) is 0 Å². The van der Waals surface area contributed by atoms with Gasteiger partial charge in [0.1, 0.15) is 0 Å². The zero-order chi connectivity index (χ0) is 10.4. The molecule has 0 aliphatic carbocycles. The van der Waals surface area contributed by atoms with E-state index >= 15 is 0 Å². The number of hydrogen-bond donors (Lipinski definition) is 1. The van der Waals surface area contributed by atoms with Gasteiger partial charge in [0.2, 0.25) is 0 Å². The third-order valence-electron chi connectivity index (χ3n) is 2.96. The maximum atomic E-state index is 3.54. The lowest BCUT2D eigenvalue weighted by atomic mass is 10.1. The van der Waals surface area contributed by atoms with Crippen molar-refractivity contribution >= 4 is 11.8 Å². The number of hydrogen-bond acceptors (Lipinski definition) is 3. The molecule has 0 aromatic heterocycles. The first-order valence-corrected chi connectivity index (χ1v) is 7.07. The van der Waals surface area contributed by atoms with E-state index in [2.05, 4.69) is 30.3 Å². The van der Waals surface area contributed by atoms with E-state index in [4.69, 9.17) is 0 Å². The fourth-order valence-electron chi connectivity index (χ4n) is 1.98. The molecule has 84 valence electrons. The van der Waals surface area contributed by atoms with Crippen molar-refractivity contribution in [1.82, 2.24) is 10.2 Å². The summed E-state index contributed by atoms with van der Waals surface area (Å²) in [6.07, 6.45) is 3.54. The first kappa shape index (κ1) is 12.3. The highest BCUT2D eigenvalue weighted by molar-refractivity contribution is 7.98. The van der Waals surface area contributed by atoms with Crippen LogP contribution in [0.2, 0.25) is 0 Å². The van der Waals surface area contributed by atoms with Crippen LogP contribution in [0.15, 0.2) is 0 Å². The minimum atomic E-state index is 0.728. The number of rotatable bonds is 6. The second kappa shape index (κ2) is 6.70. The Bertz CT molecular complexity index is 150. The quantitative estimate of drug-likeness (QED) is 0.680. The minimum absolute atomic E-state index is 0.728. The van der Waals surface area contributed by atoms with Crippen molar-refractivity contribution in [2.75, 3.05) is 38.2 Å². The Morgan fingerprint density at radius 3 is 2.86 bits per heavy atom. The molecule has 1 unspecified atom stereocenters. The van der Waals surface area contributed by atoms with E-state index in [-0.39, 0.29) is 0 Å². The molecular formula is C11H24N2S. The average Bonchev–Trinajstić information content (AvgIpc) is 2.61. The first-order chi connectivity index (χ1) is 6.74. The van der Waals surface area contributed by atoms with Gasteiger partial charge in [-0.3, -0.25) is 0 Å². The average molecular weight is 216 g/mol. The Balaban J connectivity index is 2.04. The van der Waals surface area contributed by atoms with Crippen LogP contribution in [0.5, 0.6) is 0 Å². The molecule has 1 saturated heterocycles. The van der Waals surface area contributed by atoms with Crippen LogP contribution in [0, 0.1) is 5.92 Å². The standard InChI is InChI=1S/C11H24N2S/c1-10(2)13-6-4-11(9-13)8-12-5-7-14-3/h10-12H,4-9H2,1-3H3. The smallest absolute Gasteiger partial charge is 0.00553 e. The van der Waals surface area contributed by atoms with Crippen molar-refractivity contribution in [2.24, 2.45) is 5.92 Å². The monoisotopic (exact) mass is 216 g/mol. The molecule has 0 radical (unpaired) electrons. The second-order valence-electron chi connectivity index (χ2n) is 4.44. The predicted molar refractivity (Wildman–Crippen MR) is 66.1 cm³/mol. The van der Waals surface area contributed by atoms with Gasteiger partial charge in [0, 0.05) is 24.9 Å². The van der Waals surface area contributed by atoms with Crippen molar-refractivity contribution < 1.29 is 0 Å². The Kier molecular flexibility index (Phi) is 5.90. The predicted octanol–water partition coefficient (Wildman–Crippen LogP) is 1.67. The molecule has 1 heterocycles. The van der Waals surface area contributed by atoms with E-state index in [1.54, 1.807) is 0 Å². The summed E-state index contributed by atoms with van der Waals surface area (Å²) in [5.41, 5.74) is 0. The molecule has 0 spiro atoms. The second-order valence-corrected chi connectivity index (χ2v) is 5.43. The number of thioether (sulfide) groups is 1. The first-order valence-electron chi connectivity index (χ1n) is 5.67. The van der Waals surface area contributed by atoms with Gasteiger partial charge in [-0.05, 0) is 45.5 Å². The van der Waals surface area contributed by atoms with Gasteiger partial charge < -0.3 is 10.2 Å². The topological polar surface area (TPSA) is 15.3 Å². The molecule has 2 nitrogen and oxygen atoms in total. The molecule has 1 rings (SSSR count). The molecule has 1 N–H and O–H groups in total. The molecule has 0 aromatic carbocycles. The van der Waals surface area contributed by atoms with Gasteiger partial charge in [-0.1, -0.05) is 0 Å². The van der Waals surface area contributed by atoms with E-state index in [1.807, 2.05) is 11.8 Å². The molecule has 3 heteroatoms. The number of nitrogens with zero attached hydrogens (tertiary/aromatic N) is 1. The minimum Gasteiger partial charge on any atom is -0.316 e. The summed E-state index contributed by atoms with van der Waals surface area (Å²) in [6.45, 7) is 9.56. The normalized spacial score (nSPS) is 23.6. The van der Waals surface area contributed by atoms with E-state index in [9.17, 15) is 0 Å². The summed E-state index contributed by atoms with van der Waals surface area (Å²) >= 11 is 1.92. The van der Waals surface area contributed by atoms with Crippen molar-refractivity contribution in [1.29, 1.82) is 0 Å². The fraction of sp³-hybridized carbons (Fsp3) is 1.00. The number of likely N-dealkylation sites (tertiary alicyclic amines) is 1. The molecule has 1 aliphatic rings. The lowest BCUT2D eigenvalue weighted by Crippen LogP contribution is -2.31. The largest absolute Gasteiger partial charge is 0.316 e. The van der Waals surface area contributed by atoms with Crippen LogP contribution in [-0.4, -0.2) is 49.1 Å². The summed E-state index contributed by atoms with van der Waals surface area (Å²) in [5.74, 6) is 2.12. The van der Waals surface area contributed by atoms with Crippen molar-refractivity contribution in [2.45, 2.75) is 26.3 Å². The number of nitrogens with one attached hydrogen (secondary N) is 1. The molecule has 14 heavy (non-hydrogen) atoms. The Morgan fingerprint density at radius 1 is 1.50 bits per heavy atom. The van der Waals surface area contributed by atoms with Crippen LogP contribution in [0.1, 0.15) is 20.3 Å². The van der Waals surface area contributed by atoms with Gasteiger partial charge in [0.15, 0.2) is 0 Å². The van der Waals surface area contributed by atoms with E-state index < -0.39 is 0 Å². The van der Waals surface area contributed by atoms with Gasteiger partial charge in [-0.25, -0.2) is 0 Å². The zero-order valence-corrected chi connectivity index (χ0v) is 10.6. The van der Waals surface area contributed by atoms with Crippen molar-refractivity contribution in [3.63, 3.8) is 0 Å². The SMILES string of the molecule is CSCCNCC1CCN(C(C)C)C1. The summed E-state index contributed by atoms with van der Waals surface area (Å²) in [7, 11) is 0. The molecule has 1 fully saturated rings. The Hall–Kier alpha value is 0.270. The van der Waals surface area contributed by atoms with E-state index in [1.165, 1.54) is 38.4 Å². The summed E-state index contributed by atoms with van der Waals surface area (Å²) in [4.78, 5) is 2.58. The van der Waals surface area contributed by atoms with Gasteiger partial charge in [0.05, 0.1) is 0 Å². The van der Waals surface area contributed by atoms with Gasteiger partial charge >= 0.3 is 0 Å². The van der Waals surface area contributed by atoms with Gasteiger partial charge in [0.25, 0.3) is 0 Å². The molecule has 1 aliphatic heterocycles. The van der Waals surface area contributed by atoms with Crippen molar-refractivity contribution in [3.8, 4) is 0 Å². The summed E-state index contributed by atoms with van der Waals surface area (Å²) < 4.78 is 0. The fourth-order valence-corrected chi connectivity index (χ4v) is 2.33. The van der Waals surface area contributed by atoms with Crippen LogP contribution in [0.3, 0.4) is 0 Å². The summed E-state index contributed by atoms with van der Waals surface area (Å²) in [5, 5.41) is 3.54. The molecule has 0 saturated carbocycles. The van der Waals surface area contributed by atoms with Crippen LogP contribution in [0.4, 0.5) is 0 Å². The molecule has 0 bridgehead atoms. The molecule has 0 aromatic rings. The van der Waals surface area contributed by atoms with Crippen LogP contribution in [0.25, 0.3) is 0 Å². The highest BCUT2D eigenvalue weighted by Gasteiger charge is 2.23. The van der Waals surface area contributed by atoms with Crippen molar-refractivity contribution in [3.05, 3.63) is 0 Å². The maximum Gasteiger partial charge on any atom is 0.00553 e. The lowest BCUT2D eigenvalue weighted by Gasteiger charge is -2.20. The zero-order valence-electron chi connectivity index (χ0n) is 9.75. The molecular weight excluding hydrogens is 192 g/mol. The highest BCUT2D eigenvalue weighted by atomic mass is 32.2. The summed E-state index contributed by atoms with van der Waals surface area (Å²) in [6, 6.07) is 0.728. The van der Waals surface area contributed by atoms with E-state index in [0.29, 0.717) is 0 Å². The Morgan fingerprint density at radius 2 is 2.29 bits per heavy atom. The highest BCUT2D eigenvalue weighted by Crippen LogP contribution is 2.17. The molecule has 0 amide bonds. The van der Waals surface area contributed by atoms with Crippen LogP contribution < -0.4 is 5.32 Å².